The quantitative estimate of drug-likeness (QED) is 0.0744. The topological polar surface area (TPSA) is 63.2 Å². The maximum Gasteiger partial charge on any atom is 0.347 e. The third-order valence-electron chi connectivity index (χ3n) is 9.41. The number of hydrogen-bond donors (Lipinski definition) is 0. The summed E-state index contributed by atoms with van der Waals surface area (Å²) in [5, 5.41) is 7.68. The molecular formula is C47H32O6P2. The third-order valence-corrected chi connectivity index (χ3v) is 10.6. The van der Waals surface area contributed by atoms with Crippen molar-refractivity contribution in [1.82, 2.24) is 0 Å². The van der Waals surface area contributed by atoms with Gasteiger partial charge < -0.3 is 22.8 Å². The fourth-order valence-corrected chi connectivity index (χ4v) is 8.04. The molecule has 0 saturated heterocycles. The molecule has 0 aliphatic carbocycles. The highest BCUT2D eigenvalue weighted by atomic mass is 31.1. The van der Waals surface area contributed by atoms with Crippen LogP contribution in [0.5, 0.6) is 28.7 Å². The number of carbonyl (C=O) groups excluding carboxylic acids is 1. The van der Waals surface area contributed by atoms with Crippen LogP contribution in [-0.4, -0.2) is 5.97 Å². The van der Waals surface area contributed by atoms with Crippen molar-refractivity contribution in [2.45, 2.75) is 0 Å². The van der Waals surface area contributed by atoms with Crippen LogP contribution in [0.15, 0.2) is 182 Å². The molecule has 0 bridgehead atoms. The number of carbonyl (C=O) groups is 1. The molecule has 9 aromatic carbocycles. The second kappa shape index (κ2) is 15.5. The largest absolute Gasteiger partial charge is 0.440 e. The molecule has 55 heavy (non-hydrogen) atoms. The van der Waals surface area contributed by atoms with Gasteiger partial charge in [0.1, 0.15) is 34.3 Å². The van der Waals surface area contributed by atoms with E-state index in [9.17, 15) is 4.79 Å². The first-order chi connectivity index (χ1) is 27.2. The Labute approximate surface area is 321 Å². The number of esters is 1. The van der Waals surface area contributed by atoms with Gasteiger partial charge in [0.15, 0.2) is 0 Å². The summed E-state index contributed by atoms with van der Waals surface area (Å²) >= 11 is 0. The lowest BCUT2D eigenvalue weighted by molar-refractivity contribution is 0.0733. The molecule has 0 fully saturated rings. The molecular weight excluding hydrogens is 722 g/mol. The Morgan fingerprint density at radius 1 is 0.382 bits per heavy atom. The van der Waals surface area contributed by atoms with Gasteiger partial charge in [0.25, 0.3) is 18.1 Å². The summed E-state index contributed by atoms with van der Waals surface area (Å²) in [5.74, 6) is 2.14. The normalized spacial score (nSPS) is 11.6. The van der Waals surface area contributed by atoms with E-state index in [4.69, 9.17) is 22.8 Å². The molecule has 6 nitrogen and oxygen atoms in total. The first-order valence-electron chi connectivity index (χ1n) is 17.7. The minimum Gasteiger partial charge on any atom is -0.440 e. The molecule has 0 saturated carbocycles. The molecule has 0 spiro atoms. The van der Waals surface area contributed by atoms with E-state index in [1.165, 1.54) is 0 Å². The first-order valence-corrected chi connectivity index (χ1v) is 19.3. The zero-order valence-corrected chi connectivity index (χ0v) is 31.3. The molecule has 8 heteroatoms. The van der Waals surface area contributed by atoms with E-state index >= 15 is 0 Å². The molecule has 9 rings (SSSR count). The molecule has 0 amide bonds. The van der Waals surface area contributed by atoms with E-state index in [2.05, 4.69) is 24.3 Å². The van der Waals surface area contributed by atoms with E-state index in [0.29, 0.717) is 28.6 Å². The zero-order valence-electron chi connectivity index (χ0n) is 29.3. The van der Waals surface area contributed by atoms with Crippen LogP contribution in [-0.2, 0) is 0 Å². The van der Waals surface area contributed by atoms with Crippen LogP contribution in [0.1, 0.15) is 10.4 Å². The predicted molar refractivity (Wildman–Crippen MR) is 225 cm³/mol. The Kier molecular flexibility index (Phi) is 9.67. The molecule has 0 N–H and O–H groups in total. The summed E-state index contributed by atoms with van der Waals surface area (Å²) in [6.07, 6.45) is 0. The average molecular weight is 755 g/mol. The number of rotatable bonds is 11. The third kappa shape index (κ3) is 7.02. The highest BCUT2D eigenvalue weighted by Crippen LogP contribution is 2.50. The maximum absolute atomic E-state index is 14.3. The van der Waals surface area contributed by atoms with E-state index in [-0.39, 0.29) is 14.6 Å². The highest BCUT2D eigenvalue weighted by molar-refractivity contribution is 7.27. The van der Waals surface area contributed by atoms with Crippen molar-refractivity contribution >= 4 is 67.1 Å². The number of para-hydroxylation sites is 1. The lowest BCUT2D eigenvalue weighted by Gasteiger charge is -2.21. The van der Waals surface area contributed by atoms with Gasteiger partial charge in [0, 0.05) is 21.9 Å². The summed E-state index contributed by atoms with van der Waals surface area (Å²) in [6, 6.07) is 58.8. The summed E-state index contributed by atoms with van der Waals surface area (Å²) in [7, 11) is -0.878. The fraction of sp³-hybridized carbons (Fsp3) is 0. The summed E-state index contributed by atoms with van der Waals surface area (Å²) < 4.78 is 31.9. The van der Waals surface area contributed by atoms with Crippen molar-refractivity contribution < 1.29 is 27.6 Å². The Morgan fingerprint density at radius 2 is 0.855 bits per heavy atom. The van der Waals surface area contributed by atoms with Gasteiger partial charge in [-0.2, -0.15) is 0 Å². The number of benzene rings is 9. The summed E-state index contributed by atoms with van der Waals surface area (Å²) in [4.78, 5) is 14.3. The monoisotopic (exact) mass is 754 g/mol. The highest BCUT2D eigenvalue weighted by Gasteiger charge is 2.27. The van der Waals surface area contributed by atoms with E-state index < -0.39 is 15.0 Å². The van der Waals surface area contributed by atoms with Crippen LogP contribution in [0.3, 0.4) is 0 Å². The van der Waals surface area contributed by atoms with Crippen molar-refractivity contribution in [3.63, 3.8) is 0 Å². The predicted octanol–water partition coefficient (Wildman–Crippen LogP) is 13.1. The van der Waals surface area contributed by atoms with E-state index in [1.54, 1.807) is 12.1 Å². The van der Waals surface area contributed by atoms with Crippen LogP contribution in [0, 0.1) is 0 Å². The van der Waals surface area contributed by atoms with Crippen LogP contribution < -0.4 is 22.8 Å². The van der Waals surface area contributed by atoms with Gasteiger partial charge in [-0.1, -0.05) is 146 Å². The Balaban J connectivity index is 1.18. The fourth-order valence-electron chi connectivity index (χ4n) is 6.87. The van der Waals surface area contributed by atoms with Gasteiger partial charge in [0.05, 0.1) is 0 Å². The van der Waals surface area contributed by atoms with Crippen molar-refractivity contribution in [3.05, 3.63) is 188 Å². The van der Waals surface area contributed by atoms with Crippen molar-refractivity contribution in [2.75, 3.05) is 0 Å². The van der Waals surface area contributed by atoms with Crippen molar-refractivity contribution in [1.29, 1.82) is 0 Å². The molecule has 0 aliphatic rings. The van der Waals surface area contributed by atoms with E-state index in [0.717, 1.165) is 54.4 Å². The van der Waals surface area contributed by atoms with Crippen LogP contribution >= 0.6 is 18.1 Å². The Hall–Kier alpha value is -6.45. The molecule has 0 heterocycles. The van der Waals surface area contributed by atoms with Gasteiger partial charge in [-0.05, 0) is 68.7 Å². The molecule has 0 aliphatic heterocycles. The average Bonchev–Trinajstić information content (AvgIpc) is 3.24. The van der Waals surface area contributed by atoms with Crippen LogP contribution in [0.4, 0.5) is 0 Å². The molecule has 0 radical (unpaired) electrons. The first kappa shape index (κ1) is 34.3. The zero-order chi connectivity index (χ0) is 37.0. The number of ether oxygens (including phenoxy) is 1. The van der Waals surface area contributed by atoms with Crippen molar-refractivity contribution in [2.24, 2.45) is 0 Å². The second-order valence-corrected chi connectivity index (χ2v) is 13.9. The van der Waals surface area contributed by atoms with Gasteiger partial charge in [0.2, 0.25) is 0 Å². The van der Waals surface area contributed by atoms with Gasteiger partial charge in [-0.3, -0.25) is 0 Å². The smallest absolute Gasteiger partial charge is 0.347 e. The Bertz CT molecular complexity index is 2830. The molecule has 2 unspecified atom stereocenters. The molecule has 0 aromatic heterocycles. The van der Waals surface area contributed by atoms with Crippen LogP contribution in [0.2, 0.25) is 0 Å². The summed E-state index contributed by atoms with van der Waals surface area (Å²) in [5.41, 5.74) is 1.68. The minimum absolute atomic E-state index is 0.250. The molecule has 9 aromatic rings. The SMILES string of the molecule is O=C(Oc1ccccc1)c1cc2ccccc2c(-c2c(OPOc3cccc4ccccc34)ccc3ccccc23)c1OPOc1cccc2ccccc12. The molecule has 2 atom stereocenters. The minimum atomic E-state index is -0.563. The second-order valence-electron chi connectivity index (χ2n) is 12.7. The maximum atomic E-state index is 14.3. The van der Waals surface area contributed by atoms with Gasteiger partial charge >= 0.3 is 5.97 Å². The standard InChI is InChI=1S/C47H32O6P2/c48-47(49-35-20-2-1-3-21-35)40-30-34-17-7-11-25-39(34)45(46(40)53-55-51-42-27-13-19-32-15-5-9-23-37(32)42)44-38-24-10-6-16-33(38)28-29-43(44)52-54-50-41-26-12-18-31-14-4-8-22-36(31)41/h1-30,54-55H. The van der Waals surface area contributed by atoms with E-state index in [1.807, 2.05) is 146 Å². The lowest BCUT2D eigenvalue weighted by atomic mass is 9.90. The number of fused-ring (bicyclic) bond motifs is 4. The van der Waals surface area contributed by atoms with Crippen molar-refractivity contribution in [3.8, 4) is 39.9 Å². The number of hydrogen-bond acceptors (Lipinski definition) is 6. The summed E-state index contributed by atoms with van der Waals surface area (Å²) in [6.45, 7) is 0. The molecule has 266 valence electrons. The lowest BCUT2D eigenvalue weighted by Crippen LogP contribution is -2.11. The van der Waals surface area contributed by atoms with Gasteiger partial charge in [-0.25, -0.2) is 4.79 Å². The van der Waals surface area contributed by atoms with Gasteiger partial charge in [-0.15, -0.1) is 0 Å². The Morgan fingerprint density at radius 3 is 1.49 bits per heavy atom. The van der Waals surface area contributed by atoms with Crippen LogP contribution in [0.25, 0.3) is 54.2 Å².